The third kappa shape index (κ3) is 3.28. The van der Waals surface area contributed by atoms with Crippen LogP contribution in [0.5, 0.6) is 0 Å². The van der Waals surface area contributed by atoms with Gasteiger partial charge in [-0.05, 0) is 36.3 Å². The van der Waals surface area contributed by atoms with Crippen LogP contribution in [0.4, 0.5) is 0 Å². The number of pyridine rings is 1. The van der Waals surface area contributed by atoms with Crippen LogP contribution in [0.15, 0.2) is 29.0 Å². The number of ether oxygens (including phenoxy) is 1. The van der Waals surface area contributed by atoms with E-state index in [0.29, 0.717) is 23.6 Å². The summed E-state index contributed by atoms with van der Waals surface area (Å²) in [5, 5.41) is 3.89. The summed E-state index contributed by atoms with van der Waals surface area (Å²) in [6.07, 6.45) is 4.60. The van der Waals surface area contributed by atoms with Crippen LogP contribution in [0.3, 0.4) is 0 Å². The number of aryl methyl sites for hydroxylation is 1. The highest BCUT2D eigenvalue weighted by Crippen LogP contribution is 2.36. The van der Waals surface area contributed by atoms with E-state index in [2.05, 4.69) is 26.1 Å². The van der Waals surface area contributed by atoms with E-state index >= 15 is 0 Å². The molecule has 0 N–H and O–H groups in total. The Balaban J connectivity index is 1.42. The van der Waals surface area contributed by atoms with E-state index in [1.54, 1.807) is 0 Å². The molecule has 2 fully saturated rings. The summed E-state index contributed by atoms with van der Waals surface area (Å²) in [6, 6.07) is 4.15. The van der Waals surface area contributed by atoms with Crippen molar-refractivity contribution in [1.29, 1.82) is 0 Å². The second kappa shape index (κ2) is 6.37. The lowest BCUT2D eigenvalue weighted by Crippen LogP contribution is -2.36. The van der Waals surface area contributed by atoms with Gasteiger partial charge in [0.2, 0.25) is 5.89 Å². The van der Waals surface area contributed by atoms with E-state index in [9.17, 15) is 0 Å². The van der Waals surface area contributed by atoms with E-state index in [1.807, 2.05) is 25.4 Å². The van der Waals surface area contributed by atoms with Crippen LogP contribution in [0.2, 0.25) is 0 Å². The van der Waals surface area contributed by atoms with Crippen molar-refractivity contribution in [3.63, 3.8) is 0 Å². The molecule has 0 aromatic carbocycles. The molecule has 0 radical (unpaired) electrons. The van der Waals surface area contributed by atoms with E-state index in [-0.39, 0.29) is 0 Å². The average molecular weight is 314 g/mol. The Morgan fingerprint density at radius 3 is 3.04 bits per heavy atom. The van der Waals surface area contributed by atoms with Gasteiger partial charge in [-0.3, -0.25) is 9.88 Å². The second-order valence-corrected chi connectivity index (χ2v) is 6.72. The van der Waals surface area contributed by atoms with Crippen LogP contribution in [-0.4, -0.2) is 46.3 Å². The van der Waals surface area contributed by atoms with Gasteiger partial charge in [-0.2, -0.15) is 4.98 Å². The minimum Gasteiger partial charge on any atom is -0.381 e. The summed E-state index contributed by atoms with van der Waals surface area (Å²) in [4.78, 5) is 11.1. The topological polar surface area (TPSA) is 64.3 Å². The first kappa shape index (κ1) is 14.8. The quantitative estimate of drug-likeness (QED) is 0.856. The molecule has 23 heavy (non-hydrogen) atoms. The smallest absolute Gasteiger partial charge is 0.227 e. The van der Waals surface area contributed by atoms with Crippen molar-refractivity contribution in [1.82, 2.24) is 20.0 Å². The van der Waals surface area contributed by atoms with Gasteiger partial charge in [0.05, 0.1) is 13.2 Å². The first-order valence-electron chi connectivity index (χ1n) is 8.26. The van der Waals surface area contributed by atoms with Gasteiger partial charge in [-0.25, -0.2) is 0 Å². The standard InChI is InChI=1S/C17H22N4O2/c1-12-19-17(23-20-12)5-14-10-22-11-15-8-21(9-16(14)15)7-13-3-2-4-18-6-13/h2-4,6,14-16H,5,7-11H2,1H3/t14-,15-,16+/m1/s1. The summed E-state index contributed by atoms with van der Waals surface area (Å²) in [5.74, 6) is 3.16. The van der Waals surface area contributed by atoms with E-state index in [0.717, 1.165) is 45.2 Å². The number of likely N-dealkylation sites (tertiary alicyclic amines) is 1. The number of hydrogen-bond acceptors (Lipinski definition) is 6. The van der Waals surface area contributed by atoms with Crippen molar-refractivity contribution in [2.45, 2.75) is 19.9 Å². The van der Waals surface area contributed by atoms with Crippen LogP contribution >= 0.6 is 0 Å². The van der Waals surface area contributed by atoms with E-state index in [4.69, 9.17) is 9.26 Å². The van der Waals surface area contributed by atoms with Gasteiger partial charge < -0.3 is 9.26 Å². The lowest BCUT2D eigenvalue weighted by Gasteiger charge is -2.32. The Bertz CT molecular complexity index is 645. The molecule has 2 aromatic rings. The van der Waals surface area contributed by atoms with E-state index in [1.165, 1.54) is 5.56 Å². The zero-order valence-electron chi connectivity index (χ0n) is 13.4. The maximum absolute atomic E-state index is 5.84. The fraction of sp³-hybridized carbons (Fsp3) is 0.588. The third-order valence-corrected chi connectivity index (χ3v) is 4.97. The summed E-state index contributed by atoms with van der Waals surface area (Å²) in [6.45, 7) is 6.70. The Labute approximate surface area is 135 Å². The molecule has 0 spiro atoms. The summed E-state index contributed by atoms with van der Waals surface area (Å²) in [7, 11) is 0. The van der Waals surface area contributed by atoms with Crippen molar-refractivity contribution in [3.05, 3.63) is 41.8 Å². The van der Waals surface area contributed by atoms with Crippen molar-refractivity contribution in [3.8, 4) is 0 Å². The molecule has 4 rings (SSSR count). The molecule has 0 bridgehead atoms. The molecule has 4 heterocycles. The molecular formula is C17H22N4O2. The molecule has 2 aliphatic heterocycles. The molecule has 3 atom stereocenters. The van der Waals surface area contributed by atoms with Gasteiger partial charge in [-0.1, -0.05) is 11.2 Å². The maximum Gasteiger partial charge on any atom is 0.227 e. The Kier molecular flexibility index (Phi) is 4.10. The molecule has 122 valence electrons. The lowest BCUT2D eigenvalue weighted by atomic mass is 9.81. The molecule has 2 saturated heterocycles. The average Bonchev–Trinajstić information content (AvgIpc) is 3.15. The molecule has 2 aliphatic rings. The zero-order chi connectivity index (χ0) is 15.6. The van der Waals surface area contributed by atoms with E-state index < -0.39 is 0 Å². The van der Waals surface area contributed by atoms with Gasteiger partial charge in [0.1, 0.15) is 0 Å². The SMILES string of the molecule is Cc1noc(C[C@@H]2COC[C@H]3CN(Cc4cccnc4)C[C@@H]23)n1. The number of fused-ring (bicyclic) bond motifs is 1. The normalized spacial score (nSPS) is 28.0. The van der Waals surface area contributed by atoms with Crippen molar-refractivity contribution < 1.29 is 9.26 Å². The Morgan fingerprint density at radius 2 is 2.26 bits per heavy atom. The van der Waals surface area contributed by atoms with Gasteiger partial charge in [0, 0.05) is 38.4 Å². The molecule has 0 aliphatic carbocycles. The fourth-order valence-electron chi connectivity index (χ4n) is 3.93. The summed E-state index contributed by atoms with van der Waals surface area (Å²) in [5.41, 5.74) is 1.27. The van der Waals surface area contributed by atoms with Gasteiger partial charge in [0.15, 0.2) is 5.82 Å². The molecular weight excluding hydrogens is 292 g/mol. The highest BCUT2D eigenvalue weighted by molar-refractivity contribution is 5.09. The summed E-state index contributed by atoms with van der Waals surface area (Å²) >= 11 is 0. The lowest BCUT2D eigenvalue weighted by molar-refractivity contribution is -0.0110. The number of rotatable bonds is 4. The molecule has 0 saturated carbocycles. The van der Waals surface area contributed by atoms with Crippen molar-refractivity contribution >= 4 is 0 Å². The predicted molar refractivity (Wildman–Crippen MR) is 83.5 cm³/mol. The molecule has 2 aromatic heterocycles. The number of hydrogen-bond donors (Lipinski definition) is 0. The molecule has 6 heteroatoms. The number of nitrogens with zero attached hydrogens (tertiary/aromatic N) is 4. The zero-order valence-corrected chi connectivity index (χ0v) is 13.4. The van der Waals surface area contributed by atoms with Crippen LogP contribution in [0.25, 0.3) is 0 Å². The van der Waals surface area contributed by atoms with Crippen LogP contribution in [0.1, 0.15) is 17.3 Å². The van der Waals surface area contributed by atoms with Crippen LogP contribution < -0.4 is 0 Å². The van der Waals surface area contributed by atoms with Gasteiger partial charge in [0.25, 0.3) is 0 Å². The Morgan fingerprint density at radius 1 is 1.30 bits per heavy atom. The van der Waals surface area contributed by atoms with Gasteiger partial charge >= 0.3 is 0 Å². The largest absolute Gasteiger partial charge is 0.381 e. The minimum absolute atomic E-state index is 0.465. The van der Waals surface area contributed by atoms with Crippen LogP contribution in [-0.2, 0) is 17.7 Å². The first-order valence-corrected chi connectivity index (χ1v) is 8.26. The minimum atomic E-state index is 0.465. The third-order valence-electron chi connectivity index (χ3n) is 4.97. The monoisotopic (exact) mass is 314 g/mol. The summed E-state index contributed by atoms with van der Waals surface area (Å²) < 4.78 is 11.1. The molecule has 0 unspecified atom stereocenters. The fourth-order valence-corrected chi connectivity index (χ4v) is 3.93. The first-order chi connectivity index (χ1) is 11.3. The maximum atomic E-state index is 5.84. The number of aromatic nitrogens is 3. The van der Waals surface area contributed by atoms with Crippen LogP contribution in [0, 0.1) is 24.7 Å². The highest BCUT2D eigenvalue weighted by Gasteiger charge is 2.41. The Hall–Kier alpha value is -1.79. The van der Waals surface area contributed by atoms with Crippen molar-refractivity contribution in [2.75, 3.05) is 26.3 Å². The molecule has 0 amide bonds. The predicted octanol–water partition coefficient (Wildman–Crippen LogP) is 1.71. The van der Waals surface area contributed by atoms with Crippen molar-refractivity contribution in [2.24, 2.45) is 17.8 Å². The van der Waals surface area contributed by atoms with Gasteiger partial charge in [-0.15, -0.1) is 0 Å². The second-order valence-electron chi connectivity index (χ2n) is 6.72. The highest BCUT2D eigenvalue weighted by atomic mass is 16.5. The molecule has 6 nitrogen and oxygen atoms in total.